The lowest BCUT2D eigenvalue weighted by atomic mass is 9.95. The molecule has 3 rings (SSSR count). The first-order valence-corrected chi connectivity index (χ1v) is 7.67. The second-order valence-corrected chi connectivity index (χ2v) is 6.34. The third kappa shape index (κ3) is 2.40. The maximum Gasteiger partial charge on any atom is 0.254 e. The van der Waals surface area contributed by atoms with Gasteiger partial charge in [0.1, 0.15) is 5.82 Å². The molecule has 2 heterocycles. The average Bonchev–Trinajstić information content (AvgIpc) is 2.48. The number of nitrogens with one attached hydrogen (secondary N) is 2. The fourth-order valence-corrected chi connectivity index (χ4v) is 3.27. The van der Waals surface area contributed by atoms with Crippen LogP contribution in [0.15, 0.2) is 4.79 Å². The molecule has 0 saturated carbocycles. The number of piperazine rings is 1. The molecule has 0 aromatic carbocycles. The van der Waals surface area contributed by atoms with Crippen LogP contribution in [-0.4, -0.2) is 41.0 Å². The van der Waals surface area contributed by atoms with E-state index in [9.17, 15) is 4.79 Å². The van der Waals surface area contributed by atoms with Crippen LogP contribution in [0.2, 0.25) is 0 Å². The molecule has 1 aromatic heterocycles. The van der Waals surface area contributed by atoms with Crippen molar-refractivity contribution < 1.29 is 0 Å². The molecule has 20 heavy (non-hydrogen) atoms. The fraction of sp³-hybridized carbons (Fsp3) is 0.733. The van der Waals surface area contributed by atoms with Gasteiger partial charge in [-0.1, -0.05) is 0 Å². The highest BCUT2D eigenvalue weighted by Gasteiger charge is 2.33. The predicted octanol–water partition coefficient (Wildman–Crippen LogP) is 0.789. The number of aromatic amines is 1. The van der Waals surface area contributed by atoms with Crippen molar-refractivity contribution in [3.63, 3.8) is 0 Å². The molecular formula is C15H24N4O. The van der Waals surface area contributed by atoms with Gasteiger partial charge in [-0.3, -0.25) is 9.69 Å². The summed E-state index contributed by atoms with van der Waals surface area (Å²) in [5, 5.41) is 3.37. The second-order valence-electron chi connectivity index (χ2n) is 6.34. The normalized spacial score (nSPS) is 20.7. The summed E-state index contributed by atoms with van der Waals surface area (Å²) in [6.07, 6.45) is 4.09. The van der Waals surface area contributed by atoms with Crippen LogP contribution < -0.4 is 10.9 Å². The molecule has 5 nitrogen and oxygen atoms in total. The van der Waals surface area contributed by atoms with Crippen molar-refractivity contribution in [3.8, 4) is 0 Å². The lowest BCUT2D eigenvalue weighted by molar-refractivity contribution is 0.0942. The Labute approximate surface area is 119 Å². The van der Waals surface area contributed by atoms with E-state index in [1.807, 2.05) is 0 Å². The molecule has 0 atom stereocenters. The second kappa shape index (κ2) is 5.30. The largest absolute Gasteiger partial charge is 0.314 e. The van der Waals surface area contributed by atoms with Crippen molar-refractivity contribution in [3.05, 3.63) is 27.4 Å². The summed E-state index contributed by atoms with van der Waals surface area (Å²) >= 11 is 0. The monoisotopic (exact) mass is 276 g/mol. The van der Waals surface area contributed by atoms with Gasteiger partial charge in [0.05, 0.1) is 11.2 Å². The van der Waals surface area contributed by atoms with E-state index in [0.717, 1.165) is 68.9 Å². The summed E-state index contributed by atoms with van der Waals surface area (Å²) in [6, 6.07) is 0. The third-order valence-electron chi connectivity index (χ3n) is 4.68. The molecule has 0 radical (unpaired) electrons. The number of nitrogens with zero attached hydrogens (tertiary/aromatic N) is 2. The Bertz CT molecular complexity index is 543. The number of aryl methyl sites for hydroxylation is 1. The van der Waals surface area contributed by atoms with Gasteiger partial charge in [-0.05, 0) is 39.5 Å². The van der Waals surface area contributed by atoms with Gasteiger partial charge in [0.15, 0.2) is 0 Å². The van der Waals surface area contributed by atoms with E-state index >= 15 is 0 Å². The van der Waals surface area contributed by atoms with E-state index < -0.39 is 0 Å². The Morgan fingerprint density at radius 1 is 1.15 bits per heavy atom. The summed E-state index contributed by atoms with van der Waals surface area (Å²) in [5.74, 6) is 0.824. The van der Waals surface area contributed by atoms with Crippen molar-refractivity contribution in [2.45, 2.75) is 45.1 Å². The van der Waals surface area contributed by atoms with Crippen LogP contribution >= 0.6 is 0 Å². The number of hydrogen-bond donors (Lipinski definition) is 2. The standard InChI is InChI=1S/C15H24N4O/c1-15(2,19-9-7-16-8-10-19)14-17-12-6-4-3-5-11(12)13(20)18-14/h16H,3-10H2,1-2H3,(H,17,18,20). The van der Waals surface area contributed by atoms with Crippen molar-refractivity contribution in [2.24, 2.45) is 0 Å². The number of hydrogen-bond acceptors (Lipinski definition) is 4. The van der Waals surface area contributed by atoms with Gasteiger partial charge >= 0.3 is 0 Å². The minimum atomic E-state index is -0.215. The van der Waals surface area contributed by atoms with Crippen molar-refractivity contribution in [1.82, 2.24) is 20.2 Å². The van der Waals surface area contributed by atoms with Gasteiger partial charge in [-0.15, -0.1) is 0 Å². The van der Waals surface area contributed by atoms with E-state index in [2.05, 4.69) is 29.0 Å². The van der Waals surface area contributed by atoms with Crippen LogP contribution in [0.3, 0.4) is 0 Å². The molecule has 0 amide bonds. The quantitative estimate of drug-likeness (QED) is 0.838. The Hall–Kier alpha value is -1.20. The molecule has 110 valence electrons. The van der Waals surface area contributed by atoms with E-state index in [-0.39, 0.29) is 11.1 Å². The Kier molecular flexibility index (Phi) is 3.65. The van der Waals surface area contributed by atoms with Crippen LogP contribution in [0, 0.1) is 0 Å². The molecule has 0 unspecified atom stereocenters. The number of H-pyrrole nitrogens is 1. The minimum absolute atomic E-state index is 0.0768. The van der Waals surface area contributed by atoms with Crippen LogP contribution in [0.1, 0.15) is 43.8 Å². The zero-order chi connectivity index (χ0) is 14.2. The Morgan fingerprint density at radius 2 is 1.85 bits per heavy atom. The molecule has 0 spiro atoms. The lowest BCUT2D eigenvalue weighted by Gasteiger charge is -2.40. The zero-order valence-electron chi connectivity index (χ0n) is 12.5. The predicted molar refractivity (Wildman–Crippen MR) is 79.0 cm³/mol. The van der Waals surface area contributed by atoms with Crippen molar-refractivity contribution >= 4 is 0 Å². The lowest BCUT2D eigenvalue weighted by Crippen LogP contribution is -2.53. The Balaban J connectivity index is 1.96. The van der Waals surface area contributed by atoms with E-state index in [0.29, 0.717) is 0 Å². The minimum Gasteiger partial charge on any atom is -0.314 e. The van der Waals surface area contributed by atoms with E-state index in [1.54, 1.807) is 0 Å². The molecule has 5 heteroatoms. The number of rotatable bonds is 2. The molecule has 0 bridgehead atoms. The summed E-state index contributed by atoms with van der Waals surface area (Å²) in [4.78, 5) is 22.5. The van der Waals surface area contributed by atoms with Crippen LogP contribution in [0.4, 0.5) is 0 Å². The molecule has 1 aliphatic heterocycles. The fourth-order valence-electron chi connectivity index (χ4n) is 3.27. The topological polar surface area (TPSA) is 61.0 Å². The van der Waals surface area contributed by atoms with Gasteiger partial charge in [0, 0.05) is 31.7 Å². The van der Waals surface area contributed by atoms with Crippen molar-refractivity contribution in [1.29, 1.82) is 0 Å². The highest BCUT2D eigenvalue weighted by atomic mass is 16.1. The van der Waals surface area contributed by atoms with Crippen molar-refractivity contribution in [2.75, 3.05) is 26.2 Å². The molecule has 1 aliphatic carbocycles. The highest BCUT2D eigenvalue weighted by molar-refractivity contribution is 5.22. The SMILES string of the molecule is CC(C)(c1nc2c(c(=O)[nH]1)CCCC2)N1CCNCC1. The summed E-state index contributed by atoms with van der Waals surface area (Å²) in [5.41, 5.74) is 1.80. The Morgan fingerprint density at radius 3 is 2.60 bits per heavy atom. The number of fused-ring (bicyclic) bond motifs is 1. The van der Waals surface area contributed by atoms with Crippen LogP contribution in [0.5, 0.6) is 0 Å². The number of aromatic nitrogens is 2. The molecule has 1 fully saturated rings. The summed E-state index contributed by atoms with van der Waals surface area (Å²) in [7, 11) is 0. The van der Waals surface area contributed by atoms with Crippen LogP contribution in [-0.2, 0) is 18.4 Å². The highest BCUT2D eigenvalue weighted by Crippen LogP contribution is 2.26. The van der Waals surface area contributed by atoms with Gasteiger partial charge < -0.3 is 10.3 Å². The van der Waals surface area contributed by atoms with E-state index in [1.165, 1.54) is 0 Å². The maximum atomic E-state index is 12.3. The molecule has 2 N–H and O–H groups in total. The van der Waals surface area contributed by atoms with Gasteiger partial charge in [-0.2, -0.15) is 0 Å². The third-order valence-corrected chi connectivity index (χ3v) is 4.68. The van der Waals surface area contributed by atoms with E-state index in [4.69, 9.17) is 4.98 Å². The molecular weight excluding hydrogens is 252 g/mol. The maximum absolute atomic E-state index is 12.3. The molecule has 1 aromatic rings. The smallest absolute Gasteiger partial charge is 0.254 e. The molecule has 2 aliphatic rings. The van der Waals surface area contributed by atoms with Gasteiger partial charge in [-0.25, -0.2) is 4.98 Å². The van der Waals surface area contributed by atoms with Crippen LogP contribution in [0.25, 0.3) is 0 Å². The first-order valence-electron chi connectivity index (χ1n) is 7.67. The average molecular weight is 276 g/mol. The van der Waals surface area contributed by atoms with Gasteiger partial charge in [0.2, 0.25) is 0 Å². The first-order chi connectivity index (χ1) is 9.59. The summed E-state index contributed by atoms with van der Waals surface area (Å²) < 4.78 is 0. The zero-order valence-corrected chi connectivity index (χ0v) is 12.5. The molecule has 1 saturated heterocycles. The van der Waals surface area contributed by atoms with Gasteiger partial charge in [0.25, 0.3) is 5.56 Å². The first kappa shape index (κ1) is 13.8. The summed E-state index contributed by atoms with van der Waals surface area (Å²) in [6.45, 7) is 8.30.